The fourth-order valence-electron chi connectivity index (χ4n) is 2.36. The van der Waals surface area contributed by atoms with Crippen molar-refractivity contribution in [1.29, 1.82) is 0 Å². The molecule has 3 aromatic rings. The lowest BCUT2D eigenvalue weighted by Gasteiger charge is -2.07. The van der Waals surface area contributed by atoms with E-state index < -0.39 is 0 Å². The number of thiocarbonyl (C=S) groups is 1. The standard InChI is InChI=1S/C16H13N3S/c17-16(20)19-18-10-12-9-11-5-1-2-6-13(11)15-8-4-3-7-14(12)15/h1-10H,(H3,17,19,20). The first-order chi connectivity index (χ1) is 9.75. The molecule has 4 heteroatoms. The van der Waals surface area contributed by atoms with Gasteiger partial charge >= 0.3 is 0 Å². The van der Waals surface area contributed by atoms with E-state index in [0.29, 0.717) is 0 Å². The van der Waals surface area contributed by atoms with Crippen LogP contribution >= 0.6 is 12.2 Å². The highest BCUT2D eigenvalue weighted by atomic mass is 32.1. The van der Waals surface area contributed by atoms with E-state index in [1.807, 2.05) is 18.2 Å². The average molecular weight is 279 g/mol. The molecule has 3 aromatic carbocycles. The molecule has 0 radical (unpaired) electrons. The van der Waals surface area contributed by atoms with Crippen LogP contribution in [0.3, 0.4) is 0 Å². The van der Waals surface area contributed by atoms with Gasteiger partial charge in [-0.1, -0.05) is 48.5 Å². The molecule has 0 aliphatic rings. The van der Waals surface area contributed by atoms with Crippen molar-refractivity contribution in [2.45, 2.75) is 0 Å². The van der Waals surface area contributed by atoms with Crippen molar-refractivity contribution in [1.82, 2.24) is 5.43 Å². The summed E-state index contributed by atoms with van der Waals surface area (Å²) < 4.78 is 0. The third-order valence-corrected chi connectivity index (χ3v) is 3.27. The van der Waals surface area contributed by atoms with Crippen LogP contribution in [-0.2, 0) is 0 Å². The van der Waals surface area contributed by atoms with Gasteiger partial charge in [-0.3, -0.25) is 5.43 Å². The maximum Gasteiger partial charge on any atom is 0.184 e. The zero-order valence-electron chi connectivity index (χ0n) is 10.7. The van der Waals surface area contributed by atoms with Crippen molar-refractivity contribution >= 4 is 45.1 Å². The van der Waals surface area contributed by atoms with Gasteiger partial charge in [0.25, 0.3) is 0 Å². The lowest BCUT2D eigenvalue weighted by atomic mass is 9.98. The number of nitrogens with zero attached hydrogens (tertiary/aromatic N) is 1. The van der Waals surface area contributed by atoms with Crippen molar-refractivity contribution < 1.29 is 0 Å². The number of hydrazone groups is 1. The molecule has 0 aromatic heterocycles. The molecule has 3 N–H and O–H groups in total. The molecule has 3 rings (SSSR count). The van der Waals surface area contributed by atoms with E-state index in [2.05, 4.69) is 46.9 Å². The molecule has 0 atom stereocenters. The van der Waals surface area contributed by atoms with Gasteiger partial charge in [-0.05, 0) is 39.8 Å². The van der Waals surface area contributed by atoms with Gasteiger partial charge in [0.2, 0.25) is 0 Å². The van der Waals surface area contributed by atoms with E-state index in [1.165, 1.54) is 16.2 Å². The second kappa shape index (κ2) is 5.27. The van der Waals surface area contributed by atoms with Crippen LogP contribution in [0.5, 0.6) is 0 Å². The van der Waals surface area contributed by atoms with Crippen molar-refractivity contribution in [2.75, 3.05) is 0 Å². The summed E-state index contributed by atoms with van der Waals surface area (Å²) in [5, 5.41) is 9.00. The summed E-state index contributed by atoms with van der Waals surface area (Å²) in [5.41, 5.74) is 8.98. The number of nitrogens with two attached hydrogens (primary N) is 1. The highest BCUT2D eigenvalue weighted by molar-refractivity contribution is 7.80. The normalized spacial score (nSPS) is 11.2. The summed E-state index contributed by atoms with van der Waals surface area (Å²) in [5.74, 6) is 0. The Kier molecular flexibility index (Phi) is 3.31. The van der Waals surface area contributed by atoms with Crippen LogP contribution < -0.4 is 11.2 Å². The monoisotopic (exact) mass is 279 g/mol. The number of hydrogen-bond acceptors (Lipinski definition) is 2. The zero-order chi connectivity index (χ0) is 13.9. The topological polar surface area (TPSA) is 50.4 Å². The fourth-order valence-corrected chi connectivity index (χ4v) is 2.41. The first kappa shape index (κ1) is 12.6. The molecule has 0 aliphatic carbocycles. The van der Waals surface area contributed by atoms with Crippen LogP contribution in [0.15, 0.2) is 59.7 Å². The van der Waals surface area contributed by atoms with Gasteiger partial charge in [0, 0.05) is 5.56 Å². The minimum atomic E-state index is 0.159. The van der Waals surface area contributed by atoms with Gasteiger partial charge in [0.05, 0.1) is 6.21 Å². The molecule has 20 heavy (non-hydrogen) atoms. The van der Waals surface area contributed by atoms with Crippen LogP contribution in [0, 0.1) is 0 Å². The van der Waals surface area contributed by atoms with Crippen molar-refractivity contribution in [3.63, 3.8) is 0 Å². The number of rotatable bonds is 2. The maximum absolute atomic E-state index is 5.37. The molecule has 0 unspecified atom stereocenters. The summed E-state index contributed by atoms with van der Waals surface area (Å²) in [4.78, 5) is 0. The smallest absolute Gasteiger partial charge is 0.184 e. The Labute approximate surface area is 122 Å². The summed E-state index contributed by atoms with van der Waals surface area (Å²) in [6, 6.07) is 18.7. The second-order valence-electron chi connectivity index (χ2n) is 4.47. The first-order valence-electron chi connectivity index (χ1n) is 6.25. The summed E-state index contributed by atoms with van der Waals surface area (Å²) in [6.07, 6.45) is 1.74. The Morgan fingerprint density at radius 1 is 1.00 bits per heavy atom. The molecular formula is C16H13N3S. The molecule has 3 nitrogen and oxygen atoms in total. The Balaban J connectivity index is 2.24. The lowest BCUT2D eigenvalue weighted by Crippen LogP contribution is -2.24. The third kappa shape index (κ3) is 2.33. The van der Waals surface area contributed by atoms with Gasteiger partial charge in [-0.15, -0.1) is 0 Å². The van der Waals surface area contributed by atoms with Crippen molar-refractivity contribution in [2.24, 2.45) is 10.8 Å². The van der Waals surface area contributed by atoms with Gasteiger partial charge in [0.1, 0.15) is 0 Å². The molecule has 0 saturated carbocycles. The first-order valence-corrected chi connectivity index (χ1v) is 6.65. The Morgan fingerprint density at radius 3 is 2.40 bits per heavy atom. The maximum atomic E-state index is 5.37. The summed E-state index contributed by atoms with van der Waals surface area (Å²) in [6.45, 7) is 0. The van der Waals surface area contributed by atoms with E-state index in [0.717, 1.165) is 10.9 Å². The van der Waals surface area contributed by atoms with Gasteiger partial charge in [-0.2, -0.15) is 5.10 Å². The fraction of sp³-hybridized carbons (Fsp3) is 0. The van der Waals surface area contributed by atoms with Crippen LogP contribution in [0.25, 0.3) is 21.5 Å². The van der Waals surface area contributed by atoms with Crippen LogP contribution in [0.4, 0.5) is 0 Å². The van der Waals surface area contributed by atoms with E-state index in [9.17, 15) is 0 Å². The van der Waals surface area contributed by atoms with Gasteiger partial charge in [-0.25, -0.2) is 0 Å². The second-order valence-corrected chi connectivity index (χ2v) is 4.91. The third-order valence-electron chi connectivity index (χ3n) is 3.18. The highest BCUT2D eigenvalue weighted by Gasteiger charge is 2.04. The van der Waals surface area contributed by atoms with E-state index in [4.69, 9.17) is 18.0 Å². The zero-order valence-corrected chi connectivity index (χ0v) is 11.5. The minimum Gasteiger partial charge on any atom is -0.375 e. The molecule has 0 amide bonds. The molecular weight excluding hydrogens is 266 g/mol. The predicted octanol–water partition coefficient (Wildman–Crippen LogP) is 3.16. The average Bonchev–Trinajstić information content (AvgIpc) is 2.47. The van der Waals surface area contributed by atoms with Crippen molar-refractivity contribution in [3.8, 4) is 0 Å². The molecule has 0 fully saturated rings. The SMILES string of the molecule is NC(=S)NN=Cc1cc2ccccc2c2ccccc12. The van der Waals surface area contributed by atoms with Gasteiger partial charge < -0.3 is 5.73 Å². The molecule has 0 aliphatic heterocycles. The minimum absolute atomic E-state index is 0.159. The Bertz CT molecular complexity index is 824. The molecule has 0 bridgehead atoms. The molecule has 0 saturated heterocycles. The van der Waals surface area contributed by atoms with Crippen LogP contribution in [0.2, 0.25) is 0 Å². The predicted molar refractivity (Wildman–Crippen MR) is 89.0 cm³/mol. The molecule has 0 heterocycles. The number of nitrogens with one attached hydrogen (secondary N) is 1. The van der Waals surface area contributed by atoms with E-state index in [1.54, 1.807) is 6.21 Å². The molecule has 0 spiro atoms. The summed E-state index contributed by atoms with van der Waals surface area (Å²) >= 11 is 4.74. The van der Waals surface area contributed by atoms with Crippen molar-refractivity contribution in [3.05, 3.63) is 60.2 Å². The van der Waals surface area contributed by atoms with Crippen LogP contribution in [0.1, 0.15) is 5.56 Å². The number of hydrogen-bond donors (Lipinski definition) is 2. The summed E-state index contributed by atoms with van der Waals surface area (Å²) in [7, 11) is 0. The Hall–Kier alpha value is -2.46. The number of fused-ring (bicyclic) bond motifs is 3. The quantitative estimate of drug-likeness (QED) is 0.328. The Morgan fingerprint density at radius 2 is 1.65 bits per heavy atom. The molecule has 98 valence electrons. The highest BCUT2D eigenvalue weighted by Crippen LogP contribution is 2.27. The number of benzene rings is 3. The largest absolute Gasteiger partial charge is 0.375 e. The van der Waals surface area contributed by atoms with E-state index >= 15 is 0 Å². The van der Waals surface area contributed by atoms with Crippen LogP contribution in [-0.4, -0.2) is 11.3 Å². The van der Waals surface area contributed by atoms with E-state index in [-0.39, 0.29) is 5.11 Å². The lowest BCUT2D eigenvalue weighted by molar-refractivity contribution is 1.04. The van der Waals surface area contributed by atoms with Gasteiger partial charge in [0.15, 0.2) is 5.11 Å².